The van der Waals surface area contributed by atoms with Crippen LogP contribution in [0, 0.1) is 0 Å². The van der Waals surface area contributed by atoms with E-state index in [1.54, 1.807) is 17.5 Å². The zero-order valence-corrected chi connectivity index (χ0v) is 10.3. The Morgan fingerprint density at radius 1 is 1.12 bits per heavy atom. The van der Waals surface area contributed by atoms with Crippen molar-refractivity contribution in [2.24, 2.45) is 0 Å². The molecule has 1 heterocycles. The average molecular weight is 307 g/mol. The van der Waals surface area contributed by atoms with Crippen LogP contribution in [0.25, 0.3) is 10.4 Å². The van der Waals surface area contributed by atoms with Gasteiger partial charge in [-0.05, 0) is 28.1 Å². The van der Waals surface area contributed by atoms with Crippen molar-refractivity contribution in [1.29, 1.82) is 0 Å². The molecule has 0 saturated carbocycles. The lowest BCUT2D eigenvalue weighted by Crippen LogP contribution is -2.06. The van der Waals surface area contributed by atoms with Gasteiger partial charge in [-0.1, -0.05) is 18.2 Å². The van der Waals surface area contributed by atoms with E-state index in [1.807, 2.05) is 0 Å². The Hall–Kier alpha value is -0.810. The van der Waals surface area contributed by atoms with E-state index in [4.69, 9.17) is 0 Å². The van der Waals surface area contributed by atoms with Crippen LogP contribution >= 0.6 is 27.3 Å². The molecular formula is C11H6BrF3S. The molecule has 0 unspecified atom stereocenters. The van der Waals surface area contributed by atoms with Gasteiger partial charge in [-0.2, -0.15) is 13.2 Å². The number of hydrogen-bond acceptors (Lipinski definition) is 1. The van der Waals surface area contributed by atoms with E-state index in [1.165, 1.54) is 23.5 Å². The quantitative estimate of drug-likeness (QED) is 0.679. The minimum absolute atomic E-state index is 0.228. The summed E-state index contributed by atoms with van der Waals surface area (Å²) in [4.78, 5) is 0.611. The van der Waals surface area contributed by atoms with Gasteiger partial charge in [0.15, 0.2) is 0 Å². The molecule has 0 N–H and O–H groups in total. The van der Waals surface area contributed by atoms with Gasteiger partial charge < -0.3 is 0 Å². The van der Waals surface area contributed by atoms with Crippen molar-refractivity contribution in [1.82, 2.24) is 0 Å². The zero-order chi connectivity index (χ0) is 11.8. The third kappa shape index (κ3) is 2.30. The summed E-state index contributed by atoms with van der Waals surface area (Å²) < 4.78 is 39.0. The molecule has 0 aliphatic carbocycles. The standard InChI is InChI=1S/C11H6BrF3S/c12-7-5-10(16-6-7)8-3-1-2-4-9(8)11(13,14)15/h1-6H. The third-order valence-electron chi connectivity index (χ3n) is 2.07. The molecule has 5 heteroatoms. The molecule has 1 aromatic carbocycles. The van der Waals surface area contributed by atoms with E-state index >= 15 is 0 Å². The Labute approximate surface area is 103 Å². The number of benzene rings is 1. The maximum Gasteiger partial charge on any atom is 0.417 e. The van der Waals surface area contributed by atoms with Crippen LogP contribution < -0.4 is 0 Å². The molecule has 0 aliphatic rings. The SMILES string of the molecule is FC(F)(F)c1ccccc1-c1cc(Br)cs1. The van der Waals surface area contributed by atoms with Gasteiger partial charge in [-0.3, -0.25) is 0 Å². The number of thiophene rings is 1. The first-order valence-electron chi connectivity index (χ1n) is 4.39. The first-order chi connectivity index (χ1) is 7.48. The number of hydrogen-bond donors (Lipinski definition) is 0. The van der Waals surface area contributed by atoms with Gasteiger partial charge in [0, 0.05) is 20.3 Å². The van der Waals surface area contributed by atoms with Crippen LogP contribution in [0.2, 0.25) is 0 Å². The summed E-state index contributed by atoms with van der Waals surface area (Å²) in [6.07, 6.45) is -4.31. The number of rotatable bonds is 1. The molecule has 0 aliphatic heterocycles. The van der Waals surface area contributed by atoms with Crippen molar-refractivity contribution >= 4 is 27.3 Å². The summed E-state index contributed by atoms with van der Waals surface area (Å²) >= 11 is 4.52. The number of alkyl halides is 3. The molecule has 1 aromatic heterocycles. The van der Waals surface area contributed by atoms with E-state index in [9.17, 15) is 13.2 Å². The third-order valence-corrected chi connectivity index (χ3v) is 3.79. The van der Waals surface area contributed by atoms with Gasteiger partial charge in [-0.25, -0.2) is 0 Å². The molecule has 0 spiro atoms. The molecule has 0 amide bonds. The predicted molar refractivity (Wildman–Crippen MR) is 62.5 cm³/mol. The minimum Gasteiger partial charge on any atom is -0.166 e. The second kappa shape index (κ2) is 4.22. The summed E-state index contributed by atoms with van der Waals surface area (Å²) in [6.45, 7) is 0. The van der Waals surface area contributed by atoms with Crippen LogP contribution in [-0.4, -0.2) is 0 Å². The topological polar surface area (TPSA) is 0 Å². The molecule has 84 valence electrons. The molecule has 0 saturated heterocycles. The van der Waals surface area contributed by atoms with Crippen LogP contribution in [0.3, 0.4) is 0 Å². The first-order valence-corrected chi connectivity index (χ1v) is 6.06. The van der Waals surface area contributed by atoms with Gasteiger partial charge in [-0.15, -0.1) is 11.3 Å². The van der Waals surface area contributed by atoms with Gasteiger partial charge >= 0.3 is 6.18 Å². The monoisotopic (exact) mass is 306 g/mol. The molecule has 0 fully saturated rings. The lowest BCUT2D eigenvalue weighted by Gasteiger charge is -2.10. The molecule has 0 nitrogen and oxygen atoms in total. The van der Waals surface area contributed by atoms with Crippen LogP contribution in [0.15, 0.2) is 40.2 Å². The maximum atomic E-state index is 12.7. The fourth-order valence-electron chi connectivity index (χ4n) is 1.40. The summed E-state index contributed by atoms with van der Waals surface area (Å²) in [5, 5.41) is 1.77. The van der Waals surface area contributed by atoms with Gasteiger partial charge in [0.2, 0.25) is 0 Å². The lowest BCUT2D eigenvalue weighted by molar-refractivity contribution is -0.137. The molecular weight excluding hydrogens is 301 g/mol. The Balaban J connectivity index is 2.57. The Kier molecular flexibility index (Phi) is 3.08. The average Bonchev–Trinajstić information content (AvgIpc) is 2.64. The smallest absolute Gasteiger partial charge is 0.166 e. The van der Waals surface area contributed by atoms with Crippen LogP contribution in [-0.2, 0) is 6.18 Å². The molecule has 0 atom stereocenters. The van der Waals surface area contributed by atoms with Gasteiger partial charge in [0.05, 0.1) is 5.56 Å². The highest BCUT2D eigenvalue weighted by molar-refractivity contribution is 9.10. The van der Waals surface area contributed by atoms with E-state index in [-0.39, 0.29) is 5.56 Å². The molecule has 2 rings (SSSR count). The highest BCUT2D eigenvalue weighted by atomic mass is 79.9. The summed E-state index contributed by atoms with van der Waals surface area (Å²) in [7, 11) is 0. The summed E-state index contributed by atoms with van der Waals surface area (Å²) in [5.74, 6) is 0. The van der Waals surface area contributed by atoms with E-state index in [0.717, 1.165) is 10.5 Å². The Bertz CT molecular complexity index is 502. The largest absolute Gasteiger partial charge is 0.417 e. The Morgan fingerprint density at radius 2 is 1.81 bits per heavy atom. The maximum absolute atomic E-state index is 12.7. The second-order valence-electron chi connectivity index (χ2n) is 3.17. The van der Waals surface area contributed by atoms with E-state index in [2.05, 4.69) is 15.9 Å². The van der Waals surface area contributed by atoms with Crippen molar-refractivity contribution in [2.45, 2.75) is 6.18 Å². The summed E-state index contributed by atoms with van der Waals surface area (Å²) in [6, 6.07) is 7.28. The van der Waals surface area contributed by atoms with Crippen molar-refractivity contribution in [2.75, 3.05) is 0 Å². The molecule has 0 bridgehead atoms. The van der Waals surface area contributed by atoms with Crippen molar-refractivity contribution in [3.8, 4) is 10.4 Å². The van der Waals surface area contributed by atoms with Crippen molar-refractivity contribution in [3.63, 3.8) is 0 Å². The van der Waals surface area contributed by atoms with E-state index < -0.39 is 11.7 Å². The molecule has 0 radical (unpaired) electrons. The molecule has 2 aromatic rings. The fraction of sp³-hybridized carbons (Fsp3) is 0.0909. The van der Waals surface area contributed by atoms with E-state index in [0.29, 0.717) is 4.88 Å². The minimum atomic E-state index is -4.31. The van der Waals surface area contributed by atoms with Crippen molar-refractivity contribution in [3.05, 3.63) is 45.7 Å². The zero-order valence-electron chi connectivity index (χ0n) is 7.88. The normalized spacial score (nSPS) is 11.8. The van der Waals surface area contributed by atoms with Crippen LogP contribution in [0.5, 0.6) is 0 Å². The summed E-state index contributed by atoms with van der Waals surface area (Å²) in [5.41, 5.74) is -0.366. The highest BCUT2D eigenvalue weighted by Crippen LogP contribution is 2.39. The predicted octanol–water partition coefficient (Wildman–Crippen LogP) is 5.20. The number of halogens is 4. The second-order valence-corrected chi connectivity index (χ2v) is 5.00. The molecule has 16 heavy (non-hydrogen) atoms. The van der Waals surface area contributed by atoms with Gasteiger partial charge in [0.25, 0.3) is 0 Å². The van der Waals surface area contributed by atoms with Crippen molar-refractivity contribution < 1.29 is 13.2 Å². The van der Waals surface area contributed by atoms with Crippen LogP contribution in [0.4, 0.5) is 13.2 Å². The fourth-order valence-corrected chi connectivity index (χ4v) is 2.87. The highest BCUT2D eigenvalue weighted by Gasteiger charge is 2.33. The Morgan fingerprint density at radius 3 is 2.38 bits per heavy atom. The first kappa shape index (κ1) is 11.7. The van der Waals surface area contributed by atoms with Crippen LogP contribution in [0.1, 0.15) is 5.56 Å². The van der Waals surface area contributed by atoms with Gasteiger partial charge in [0.1, 0.15) is 0 Å². The lowest BCUT2D eigenvalue weighted by atomic mass is 10.1.